The zero-order valence-corrected chi connectivity index (χ0v) is 17.7. The summed E-state index contributed by atoms with van der Waals surface area (Å²) in [6.45, 7) is 0. The van der Waals surface area contributed by atoms with Crippen molar-refractivity contribution in [3.8, 4) is 16.9 Å². The maximum absolute atomic E-state index is 13.7. The molecule has 0 atom stereocenters. The first-order valence-electron chi connectivity index (χ1n) is 8.91. The van der Waals surface area contributed by atoms with Gasteiger partial charge >= 0.3 is 6.18 Å². The lowest BCUT2D eigenvalue weighted by Crippen LogP contribution is -2.34. The van der Waals surface area contributed by atoms with Crippen LogP contribution in [0.25, 0.3) is 11.1 Å². The molecule has 0 spiro atoms. The van der Waals surface area contributed by atoms with E-state index >= 15 is 0 Å². The Morgan fingerprint density at radius 1 is 1.03 bits per heavy atom. The first-order chi connectivity index (χ1) is 14.7. The molecule has 0 radical (unpaired) electrons. The number of anilines is 1. The topological polar surface area (TPSA) is 50.4 Å². The van der Waals surface area contributed by atoms with Crippen LogP contribution < -0.4 is 15.4 Å². The van der Waals surface area contributed by atoms with Crippen LogP contribution in [-0.4, -0.2) is 18.1 Å². The van der Waals surface area contributed by atoms with E-state index in [1.165, 1.54) is 25.3 Å². The van der Waals surface area contributed by atoms with Gasteiger partial charge in [0.15, 0.2) is 5.11 Å². The minimum absolute atomic E-state index is 0.00623. The summed E-state index contributed by atoms with van der Waals surface area (Å²) in [6, 6.07) is 16.3. The summed E-state index contributed by atoms with van der Waals surface area (Å²) >= 11 is 11.0. The number of carbonyl (C=O) groups is 1. The maximum atomic E-state index is 13.7. The molecule has 9 heteroatoms. The minimum Gasteiger partial charge on any atom is -0.497 e. The average Bonchev–Trinajstić information content (AvgIpc) is 2.73. The zero-order valence-electron chi connectivity index (χ0n) is 16.1. The van der Waals surface area contributed by atoms with Crippen molar-refractivity contribution in [3.05, 3.63) is 82.9 Å². The number of ether oxygens (including phenoxy) is 1. The Morgan fingerprint density at radius 2 is 1.71 bits per heavy atom. The number of rotatable bonds is 4. The van der Waals surface area contributed by atoms with E-state index < -0.39 is 17.6 Å². The van der Waals surface area contributed by atoms with Crippen molar-refractivity contribution >= 4 is 40.5 Å². The van der Waals surface area contributed by atoms with Crippen molar-refractivity contribution in [3.63, 3.8) is 0 Å². The Balaban J connectivity index is 1.83. The number of nitrogens with one attached hydrogen (secondary N) is 2. The Bertz CT molecular complexity index is 1120. The normalized spacial score (nSPS) is 11.0. The fourth-order valence-electron chi connectivity index (χ4n) is 2.86. The zero-order chi connectivity index (χ0) is 22.6. The number of amides is 1. The van der Waals surface area contributed by atoms with Gasteiger partial charge in [-0.1, -0.05) is 41.9 Å². The second-order valence-corrected chi connectivity index (χ2v) is 7.19. The van der Waals surface area contributed by atoms with Crippen LogP contribution in [0.5, 0.6) is 5.75 Å². The largest absolute Gasteiger partial charge is 0.497 e. The fraction of sp³-hybridized carbons (Fsp3) is 0.0909. The summed E-state index contributed by atoms with van der Waals surface area (Å²) in [5, 5.41) is 5.08. The predicted molar refractivity (Wildman–Crippen MR) is 119 cm³/mol. The molecule has 0 aliphatic heterocycles. The molecule has 160 valence electrons. The lowest BCUT2D eigenvalue weighted by atomic mass is 9.98. The van der Waals surface area contributed by atoms with Crippen LogP contribution in [0.15, 0.2) is 66.7 Å². The first-order valence-corrected chi connectivity index (χ1v) is 9.70. The third-order valence-corrected chi connectivity index (χ3v) is 4.86. The summed E-state index contributed by atoms with van der Waals surface area (Å²) < 4.78 is 46.2. The molecule has 0 saturated heterocycles. The number of hydrogen-bond donors (Lipinski definition) is 2. The summed E-state index contributed by atoms with van der Waals surface area (Å²) in [5.74, 6) is -0.0378. The SMILES string of the molecule is COc1ccc(-c2ccc(NC(=S)NC(=O)c3ccccc3Cl)cc2C(F)(F)F)cc1. The Morgan fingerprint density at radius 3 is 2.32 bits per heavy atom. The van der Waals surface area contributed by atoms with Crippen LogP contribution in [0.4, 0.5) is 18.9 Å². The lowest BCUT2D eigenvalue weighted by Gasteiger charge is -2.16. The molecule has 1 amide bonds. The highest BCUT2D eigenvalue weighted by Crippen LogP contribution is 2.39. The van der Waals surface area contributed by atoms with Gasteiger partial charge in [-0.15, -0.1) is 0 Å². The molecule has 0 heterocycles. The smallest absolute Gasteiger partial charge is 0.417 e. The second-order valence-electron chi connectivity index (χ2n) is 6.37. The number of alkyl halides is 3. The molecule has 0 unspecified atom stereocenters. The van der Waals surface area contributed by atoms with Crippen molar-refractivity contribution < 1.29 is 22.7 Å². The molecule has 4 nitrogen and oxygen atoms in total. The van der Waals surface area contributed by atoms with Gasteiger partial charge in [0.2, 0.25) is 0 Å². The van der Waals surface area contributed by atoms with Crippen LogP contribution in [0.1, 0.15) is 15.9 Å². The summed E-state index contributed by atoms with van der Waals surface area (Å²) in [7, 11) is 1.48. The molecule has 3 aromatic carbocycles. The van der Waals surface area contributed by atoms with Crippen molar-refractivity contribution in [1.29, 1.82) is 0 Å². The molecule has 0 bridgehead atoms. The molecule has 0 aliphatic carbocycles. The molecule has 3 rings (SSSR count). The number of hydrogen-bond acceptors (Lipinski definition) is 3. The highest BCUT2D eigenvalue weighted by atomic mass is 35.5. The Hall–Kier alpha value is -3.10. The number of halogens is 4. The van der Waals surface area contributed by atoms with E-state index in [4.69, 9.17) is 28.6 Å². The van der Waals surface area contributed by atoms with Gasteiger partial charge in [0.1, 0.15) is 5.75 Å². The third-order valence-electron chi connectivity index (χ3n) is 4.33. The quantitative estimate of drug-likeness (QED) is 0.454. The fourth-order valence-corrected chi connectivity index (χ4v) is 3.29. The highest BCUT2D eigenvalue weighted by molar-refractivity contribution is 7.80. The van der Waals surface area contributed by atoms with Crippen molar-refractivity contribution in [2.24, 2.45) is 0 Å². The maximum Gasteiger partial charge on any atom is 0.417 e. The van der Waals surface area contributed by atoms with Crippen molar-refractivity contribution in [1.82, 2.24) is 5.32 Å². The number of thiocarbonyl (C=S) groups is 1. The van der Waals surface area contributed by atoms with Gasteiger partial charge in [-0.3, -0.25) is 10.1 Å². The van der Waals surface area contributed by atoms with Gasteiger partial charge in [0, 0.05) is 5.69 Å². The van der Waals surface area contributed by atoms with Gasteiger partial charge in [-0.05, 0) is 59.7 Å². The lowest BCUT2D eigenvalue weighted by molar-refractivity contribution is -0.137. The van der Waals surface area contributed by atoms with E-state index in [9.17, 15) is 18.0 Å². The van der Waals surface area contributed by atoms with E-state index in [0.717, 1.165) is 6.07 Å². The van der Waals surface area contributed by atoms with Crippen molar-refractivity contribution in [2.75, 3.05) is 12.4 Å². The number of methoxy groups -OCH3 is 1. The van der Waals surface area contributed by atoms with Gasteiger partial charge in [-0.2, -0.15) is 13.2 Å². The standard InChI is InChI=1S/C22H16ClF3N2O2S/c1-30-15-9-6-13(7-10-15)16-11-8-14(12-18(16)22(24,25)26)27-21(31)28-20(29)17-4-2-3-5-19(17)23/h2-12H,1H3,(H2,27,28,29,31). The molecular weight excluding hydrogens is 449 g/mol. The van der Waals surface area contributed by atoms with E-state index in [2.05, 4.69) is 10.6 Å². The minimum atomic E-state index is -4.60. The van der Waals surface area contributed by atoms with Crippen molar-refractivity contribution in [2.45, 2.75) is 6.18 Å². The highest BCUT2D eigenvalue weighted by Gasteiger charge is 2.34. The molecule has 2 N–H and O–H groups in total. The van der Waals surface area contributed by atoms with Crippen LogP contribution >= 0.6 is 23.8 Å². The molecule has 0 fully saturated rings. The molecule has 3 aromatic rings. The molecule has 31 heavy (non-hydrogen) atoms. The monoisotopic (exact) mass is 464 g/mol. The van der Waals surface area contributed by atoms with Crippen LogP contribution in [-0.2, 0) is 6.18 Å². The molecule has 0 aliphatic rings. The Labute approximate surface area is 187 Å². The Kier molecular flexibility index (Phi) is 6.82. The van der Waals surface area contributed by atoms with Gasteiger partial charge in [-0.25, -0.2) is 0 Å². The van der Waals surface area contributed by atoms with Crippen LogP contribution in [0, 0.1) is 0 Å². The molecule has 0 saturated carbocycles. The summed E-state index contributed by atoms with van der Waals surface area (Å²) in [4.78, 5) is 12.3. The summed E-state index contributed by atoms with van der Waals surface area (Å²) in [6.07, 6.45) is -4.60. The van der Waals surface area contributed by atoms with Crippen LogP contribution in [0.2, 0.25) is 5.02 Å². The van der Waals surface area contributed by atoms with E-state index in [1.54, 1.807) is 42.5 Å². The van der Waals surface area contributed by atoms with E-state index in [-0.39, 0.29) is 26.9 Å². The predicted octanol–water partition coefficient (Wildman–Crippen LogP) is 6.16. The number of benzene rings is 3. The first kappa shape index (κ1) is 22.6. The second kappa shape index (κ2) is 9.36. The third kappa shape index (κ3) is 5.53. The van der Waals surface area contributed by atoms with Gasteiger partial charge < -0.3 is 10.1 Å². The van der Waals surface area contributed by atoms with E-state index in [0.29, 0.717) is 11.3 Å². The molecular formula is C22H16ClF3N2O2S. The van der Waals surface area contributed by atoms with Crippen LogP contribution in [0.3, 0.4) is 0 Å². The molecule has 0 aromatic heterocycles. The average molecular weight is 465 g/mol. The summed E-state index contributed by atoms with van der Waals surface area (Å²) in [5.41, 5.74) is -0.183. The van der Waals surface area contributed by atoms with Gasteiger partial charge in [0.05, 0.1) is 23.3 Å². The van der Waals surface area contributed by atoms with Gasteiger partial charge in [0.25, 0.3) is 5.91 Å². The van der Waals surface area contributed by atoms with E-state index in [1.807, 2.05) is 0 Å². The number of carbonyl (C=O) groups excluding carboxylic acids is 1.